The van der Waals surface area contributed by atoms with Crippen LogP contribution in [-0.4, -0.2) is 4.98 Å². The van der Waals surface area contributed by atoms with Crippen LogP contribution in [0.25, 0.3) is 10.8 Å². The molecule has 2 heterocycles. The first-order valence-corrected chi connectivity index (χ1v) is 8.01. The number of benzene rings is 1. The summed E-state index contributed by atoms with van der Waals surface area (Å²) in [5.41, 5.74) is 1.51. The standard InChI is InChI=1S/C17H17FN2OS/c1-11(13-6-3-4-7-14(13)18)19-10-15-12(2)21-17(20-15)16-8-5-9-22-16/h3-9,11,19H,10H2,1-2H3. The maximum absolute atomic E-state index is 13.8. The van der Waals surface area contributed by atoms with E-state index in [-0.39, 0.29) is 11.9 Å². The third kappa shape index (κ3) is 3.10. The van der Waals surface area contributed by atoms with Crippen LogP contribution in [0, 0.1) is 12.7 Å². The van der Waals surface area contributed by atoms with Crippen molar-refractivity contribution in [3.8, 4) is 10.8 Å². The first kappa shape index (κ1) is 14.9. The van der Waals surface area contributed by atoms with Crippen LogP contribution in [0.2, 0.25) is 0 Å². The zero-order valence-electron chi connectivity index (χ0n) is 12.5. The van der Waals surface area contributed by atoms with Gasteiger partial charge in [0.25, 0.3) is 0 Å². The first-order valence-electron chi connectivity index (χ1n) is 7.13. The molecule has 3 aromatic rings. The van der Waals surface area contributed by atoms with E-state index in [2.05, 4.69) is 10.3 Å². The molecule has 5 heteroatoms. The molecule has 3 rings (SSSR count). The van der Waals surface area contributed by atoms with Crippen molar-refractivity contribution in [2.45, 2.75) is 26.4 Å². The minimum absolute atomic E-state index is 0.0949. The van der Waals surface area contributed by atoms with Crippen molar-refractivity contribution < 1.29 is 8.81 Å². The van der Waals surface area contributed by atoms with Gasteiger partial charge in [0.2, 0.25) is 5.89 Å². The van der Waals surface area contributed by atoms with Crippen molar-refractivity contribution in [1.29, 1.82) is 0 Å². The summed E-state index contributed by atoms with van der Waals surface area (Å²) in [7, 11) is 0. The highest BCUT2D eigenvalue weighted by atomic mass is 32.1. The molecule has 2 aromatic heterocycles. The van der Waals surface area contributed by atoms with Gasteiger partial charge in [-0.25, -0.2) is 9.37 Å². The second-order valence-corrected chi connectivity index (χ2v) is 6.07. The van der Waals surface area contributed by atoms with Gasteiger partial charge in [-0.05, 0) is 31.4 Å². The minimum Gasteiger partial charge on any atom is -0.440 e. The Morgan fingerprint density at radius 1 is 1.27 bits per heavy atom. The Morgan fingerprint density at radius 2 is 2.09 bits per heavy atom. The molecular weight excluding hydrogens is 299 g/mol. The summed E-state index contributed by atoms with van der Waals surface area (Å²) < 4.78 is 19.5. The van der Waals surface area contributed by atoms with E-state index in [4.69, 9.17) is 4.42 Å². The zero-order valence-corrected chi connectivity index (χ0v) is 13.3. The average molecular weight is 316 g/mol. The summed E-state index contributed by atoms with van der Waals surface area (Å²) in [5.74, 6) is 1.23. The number of rotatable bonds is 5. The summed E-state index contributed by atoms with van der Waals surface area (Å²) in [6.45, 7) is 4.37. The van der Waals surface area contributed by atoms with Crippen molar-refractivity contribution in [2.24, 2.45) is 0 Å². The van der Waals surface area contributed by atoms with E-state index in [1.165, 1.54) is 6.07 Å². The maximum atomic E-state index is 13.8. The lowest BCUT2D eigenvalue weighted by Gasteiger charge is -2.14. The summed E-state index contributed by atoms with van der Waals surface area (Å²) in [5, 5.41) is 5.29. The number of hydrogen-bond acceptors (Lipinski definition) is 4. The quantitative estimate of drug-likeness (QED) is 0.741. The number of aryl methyl sites for hydroxylation is 1. The number of nitrogens with zero attached hydrogens (tertiary/aromatic N) is 1. The lowest BCUT2D eigenvalue weighted by molar-refractivity contribution is 0.514. The SMILES string of the molecule is Cc1oc(-c2cccs2)nc1CNC(C)c1ccccc1F. The predicted octanol–water partition coefficient (Wildman–Crippen LogP) is 4.70. The molecule has 0 amide bonds. The van der Waals surface area contributed by atoms with Crippen molar-refractivity contribution in [3.63, 3.8) is 0 Å². The summed E-state index contributed by atoms with van der Waals surface area (Å²) in [6, 6.07) is 10.7. The van der Waals surface area contributed by atoms with E-state index < -0.39 is 0 Å². The average Bonchev–Trinajstić information content (AvgIpc) is 3.15. The zero-order chi connectivity index (χ0) is 15.5. The molecule has 0 aliphatic carbocycles. The van der Waals surface area contributed by atoms with Crippen LogP contribution in [0.1, 0.15) is 30.0 Å². The molecule has 0 radical (unpaired) electrons. The smallest absolute Gasteiger partial charge is 0.236 e. The van der Waals surface area contributed by atoms with Crippen LogP contribution in [0.4, 0.5) is 4.39 Å². The molecule has 0 aliphatic rings. The molecule has 0 bridgehead atoms. The van der Waals surface area contributed by atoms with Crippen molar-refractivity contribution in [1.82, 2.24) is 10.3 Å². The van der Waals surface area contributed by atoms with Gasteiger partial charge >= 0.3 is 0 Å². The predicted molar refractivity (Wildman–Crippen MR) is 86.2 cm³/mol. The molecule has 0 saturated heterocycles. The number of thiophene rings is 1. The molecule has 1 N–H and O–H groups in total. The summed E-state index contributed by atoms with van der Waals surface area (Å²) in [4.78, 5) is 5.54. The van der Waals surface area contributed by atoms with Gasteiger partial charge in [0.15, 0.2) is 0 Å². The number of halogens is 1. The van der Waals surface area contributed by atoms with Crippen LogP contribution in [-0.2, 0) is 6.54 Å². The Balaban J connectivity index is 1.70. The molecule has 1 atom stereocenters. The van der Waals surface area contributed by atoms with E-state index in [9.17, 15) is 4.39 Å². The van der Waals surface area contributed by atoms with E-state index in [1.807, 2.05) is 37.4 Å². The largest absolute Gasteiger partial charge is 0.440 e. The van der Waals surface area contributed by atoms with Crippen molar-refractivity contribution in [2.75, 3.05) is 0 Å². The van der Waals surface area contributed by atoms with Crippen LogP contribution in [0.15, 0.2) is 46.2 Å². The minimum atomic E-state index is -0.196. The van der Waals surface area contributed by atoms with Crippen LogP contribution < -0.4 is 5.32 Å². The molecule has 0 saturated carbocycles. The molecule has 3 nitrogen and oxygen atoms in total. The normalized spacial score (nSPS) is 12.5. The molecule has 1 aromatic carbocycles. The van der Waals surface area contributed by atoms with Gasteiger partial charge in [-0.15, -0.1) is 11.3 Å². The second-order valence-electron chi connectivity index (χ2n) is 5.12. The number of nitrogens with one attached hydrogen (secondary N) is 1. The molecule has 0 fully saturated rings. The van der Waals surface area contributed by atoms with E-state index in [1.54, 1.807) is 23.5 Å². The van der Waals surface area contributed by atoms with Gasteiger partial charge in [0.05, 0.1) is 10.6 Å². The fraction of sp³-hybridized carbons (Fsp3) is 0.235. The fourth-order valence-corrected chi connectivity index (χ4v) is 2.93. The Morgan fingerprint density at radius 3 is 2.82 bits per heavy atom. The van der Waals surface area contributed by atoms with Gasteiger partial charge in [-0.1, -0.05) is 24.3 Å². The number of oxazole rings is 1. The Kier molecular flexibility index (Phi) is 4.36. The highest BCUT2D eigenvalue weighted by molar-refractivity contribution is 7.13. The van der Waals surface area contributed by atoms with Gasteiger partial charge in [-0.2, -0.15) is 0 Å². The Bertz CT molecular complexity index is 752. The Labute approximate surface area is 132 Å². The lowest BCUT2D eigenvalue weighted by Crippen LogP contribution is -2.19. The van der Waals surface area contributed by atoms with E-state index in [0.717, 1.165) is 16.3 Å². The first-order chi connectivity index (χ1) is 10.6. The van der Waals surface area contributed by atoms with Gasteiger partial charge < -0.3 is 9.73 Å². The number of aromatic nitrogens is 1. The molecule has 0 spiro atoms. The van der Waals surface area contributed by atoms with Crippen LogP contribution in [0.3, 0.4) is 0 Å². The highest BCUT2D eigenvalue weighted by Gasteiger charge is 2.14. The third-order valence-electron chi connectivity index (χ3n) is 3.57. The molecule has 114 valence electrons. The van der Waals surface area contributed by atoms with Crippen LogP contribution in [0.5, 0.6) is 0 Å². The molecular formula is C17H17FN2OS. The van der Waals surface area contributed by atoms with Crippen molar-refractivity contribution >= 4 is 11.3 Å². The van der Waals surface area contributed by atoms with Crippen LogP contribution >= 0.6 is 11.3 Å². The molecule has 0 aliphatic heterocycles. The summed E-state index contributed by atoms with van der Waals surface area (Å²) in [6.07, 6.45) is 0. The molecule has 1 unspecified atom stereocenters. The van der Waals surface area contributed by atoms with Crippen molar-refractivity contribution in [3.05, 3.63) is 64.6 Å². The second kappa shape index (κ2) is 6.42. The fourth-order valence-electron chi connectivity index (χ4n) is 2.28. The monoisotopic (exact) mass is 316 g/mol. The Hall–Kier alpha value is -1.98. The highest BCUT2D eigenvalue weighted by Crippen LogP contribution is 2.26. The topological polar surface area (TPSA) is 38.1 Å². The third-order valence-corrected chi connectivity index (χ3v) is 4.43. The lowest BCUT2D eigenvalue weighted by atomic mass is 10.1. The van der Waals surface area contributed by atoms with Gasteiger partial charge in [0.1, 0.15) is 11.6 Å². The molecule has 22 heavy (non-hydrogen) atoms. The van der Waals surface area contributed by atoms with Gasteiger partial charge in [-0.3, -0.25) is 0 Å². The summed E-state index contributed by atoms with van der Waals surface area (Å²) >= 11 is 1.60. The maximum Gasteiger partial charge on any atom is 0.236 e. The van der Waals surface area contributed by atoms with Gasteiger partial charge in [0, 0.05) is 18.2 Å². The van der Waals surface area contributed by atoms with E-state index >= 15 is 0 Å². The van der Waals surface area contributed by atoms with E-state index in [0.29, 0.717) is 18.0 Å². The number of hydrogen-bond donors (Lipinski definition) is 1.